The van der Waals surface area contributed by atoms with Gasteiger partial charge < -0.3 is 14.4 Å². The molecule has 3 rings (SSSR count). The summed E-state index contributed by atoms with van der Waals surface area (Å²) in [5, 5.41) is 0. The van der Waals surface area contributed by atoms with E-state index in [0.717, 1.165) is 11.3 Å². The van der Waals surface area contributed by atoms with E-state index in [1.54, 1.807) is 54.3 Å². The lowest BCUT2D eigenvalue weighted by Crippen LogP contribution is -2.26. The summed E-state index contributed by atoms with van der Waals surface area (Å²) in [7, 11) is 1.51. The number of esters is 1. The van der Waals surface area contributed by atoms with E-state index in [9.17, 15) is 14.4 Å². The van der Waals surface area contributed by atoms with Crippen LogP contribution in [0.1, 0.15) is 40.1 Å². The van der Waals surface area contributed by atoms with Gasteiger partial charge in [0.15, 0.2) is 6.10 Å². The van der Waals surface area contributed by atoms with E-state index in [0.29, 0.717) is 29.8 Å². The first-order valence-electron chi connectivity index (χ1n) is 8.71. The summed E-state index contributed by atoms with van der Waals surface area (Å²) in [5.74, 6) is -0.348. The SMILES string of the molecule is COc1cccc(C(=O)OC(C)C(=O)c2ccc3c(c2)CCN3C(C)=O)c1. The van der Waals surface area contributed by atoms with Gasteiger partial charge in [0, 0.05) is 24.7 Å². The van der Waals surface area contributed by atoms with Crippen molar-refractivity contribution in [3.63, 3.8) is 0 Å². The zero-order valence-corrected chi connectivity index (χ0v) is 15.5. The van der Waals surface area contributed by atoms with Crippen LogP contribution in [0.4, 0.5) is 5.69 Å². The maximum Gasteiger partial charge on any atom is 0.338 e. The Morgan fingerprint density at radius 2 is 1.85 bits per heavy atom. The Labute approximate surface area is 157 Å². The van der Waals surface area contributed by atoms with Crippen molar-refractivity contribution in [1.29, 1.82) is 0 Å². The van der Waals surface area contributed by atoms with Gasteiger partial charge in [-0.2, -0.15) is 0 Å². The normalized spacial score (nSPS) is 13.7. The topological polar surface area (TPSA) is 72.9 Å². The summed E-state index contributed by atoms with van der Waals surface area (Å²) in [6.45, 7) is 3.69. The Bertz CT molecular complexity index is 905. The standard InChI is InChI=1S/C21H21NO5/c1-13(27-21(25)17-5-4-6-18(12-17)26-3)20(24)16-7-8-19-15(11-16)9-10-22(19)14(2)23/h4-8,11-13H,9-10H2,1-3H3. The number of anilines is 1. The molecule has 0 spiro atoms. The van der Waals surface area contributed by atoms with Crippen LogP contribution in [0.3, 0.4) is 0 Å². The molecule has 140 valence electrons. The molecule has 2 aromatic carbocycles. The lowest BCUT2D eigenvalue weighted by molar-refractivity contribution is -0.116. The fourth-order valence-corrected chi connectivity index (χ4v) is 3.15. The molecular weight excluding hydrogens is 346 g/mol. The van der Waals surface area contributed by atoms with Gasteiger partial charge in [-0.3, -0.25) is 9.59 Å². The molecule has 0 aromatic heterocycles. The number of benzene rings is 2. The van der Waals surface area contributed by atoms with Gasteiger partial charge in [-0.05, 0) is 55.3 Å². The maximum atomic E-state index is 12.7. The molecule has 0 saturated heterocycles. The summed E-state index contributed by atoms with van der Waals surface area (Å²) in [4.78, 5) is 38.3. The molecule has 0 radical (unpaired) electrons. The van der Waals surface area contributed by atoms with Crippen LogP contribution in [0.15, 0.2) is 42.5 Å². The number of amides is 1. The third-order valence-electron chi connectivity index (χ3n) is 4.60. The quantitative estimate of drug-likeness (QED) is 0.600. The molecule has 1 heterocycles. The summed E-state index contributed by atoms with van der Waals surface area (Å²) in [6.07, 6.45) is -0.222. The van der Waals surface area contributed by atoms with Crippen LogP contribution in [0, 0.1) is 0 Å². The number of methoxy groups -OCH3 is 1. The largest absolute Gasteiger partial charge is 0.497 e. The van der Waals surface area contributed by atoms with Crippen LogP contribution in [0.25, 0.3) is 0 Å². The lowest BCUT2D eigenvalue weighted by Gasteiger charge is -2.16. The fourth-order valence-electron chi connectivity index (χ4n) is 3.15. The first-order valence-corrected chi connectivity index (χ1v) is 8.71. The molecule has 0 aliphatic carbocycles. The Balaban J connectivity index is 1.72. The molecule has 6 heteroatoms. The number of carbonyl (C=O) groups excluding carboxylic acids is 3. The van der Waals surface area contributed by atoms with Crippen LogP contribution in [0.2, 0.25) is 0 Å². The zero-order valence-electron chi connectivity index (χ0n) is 15.5. The zero-order chi connectivity index (χ0) is 19.6. The van der Waals surface area contributed by atoms with Gasteiger partial charge in [-0.15, -0.1) is 0 Å². The van der Waals surface area contributed by atoms with Gasteiger partial charge in [0.25, 0.3) is 0 Å². The van der Waals surface area contributed by atoms with Gasteiger partial charge in [0.1, 0.15) is 5.75 Å². The van der Waals surface area contributed by atoms with Crippen LogP contribution < -0.4 is 9.64 Å². The van der Waals surface area contributed by atoms with E-state index in [4.69, 9.17) is 9.47 Å². The van der Waals surface area contributed by atoms with Crippen molar-refractivity contribution in [3.05, 3.63) is 59.2 Å². The molecule has 1 unspecified atom stereocenters. The molecule has 6 nitrogen and oxygen atoms in total. The van der Waals surface area contributed by atoms with Crippen LogP contribution in [-0.2, 0) is 16.0 Å². The number of Topliss-reactive ketones (excluding diaryl/α,β-unsaturated/α-hetero) is 1. The minimum Gasteiger partial charge on any atom is -0.497 e. The summed E-state index contributed by atoms with van der Waals surface area (Å²) in [5.41, 5.74) is 2.56. The highest BCUT2D eigenvalue weighted by Gasteiger charge is 2.25. The molecule has 0 saturated carbocycles. The molecule has 27 heavy (non-hydrogen) atoms. The van der Waals surface area contributed by atoms with E-state index >= 15 is 0 Å². The second kappa shape index (κ2) is 7.61. The monoisotopic (exact) mass is 367 g/mol. The van der Waals surface area contributed by atoms with E-state index in [-0.39, 0.29) is 11.7 Å². The highest BCUT2D eigenvalue weighted by molar-refractivity contribution is 6.02. The van der Waals surface area contributed by atoms with E-state index in [2.05, 4.69) is 0 Å². The van der Waals surface area contributed by atoms with Gasteiger partial charge >= 0.3 is 5.97 Å². The van der Waals surface area contributed by atoms with Crippen LogP contribution in [-0.4, -0.2) is 37.4 Å². The van der Waals surface area contributed by atoms with Crippen LogP contribution >= 0.6 is 0 Å². The van der Waals surface area contributed by atoms with E-state index < -0.39 is 12.1 Å². The average Bonchev–Trinajstić information content (AvgIpc) is 3.10. The second-order valence-corrected chi connectivity index (χ2v) is 6.41. The number of nitrogens with zero attached hydrogens (tertiary/aromatic N) is 1. The Kier molecular flexibility index (Phi) is 5.26. The Morgan fingerprint density at radius 3 is 2.56 bits per heavy atom. The number of hydrogen-bond donors (Lipinski definition) is 0. The summed E-state index contributed by atoms with van der Waals surface area (Å²) in [6, 6.07) is 11.8. The molecular formula is C21H21NO5. The van der Waals surface area contributed by atoms with Gasteiger partial charge in [0.05, 0.1) is 12.7 Å². The molecule has 0 N–H and O–H groups in total. The van der Waals surface area contributed by atoms with Crippen molar-refractivity contribution in [1.82, 2.24) is 0 Å². The molecule has 0 fully saturated rings. The smallest absolute Gasteiger partial charge is 0.338 e. The molecule has 1 atom stereocenters. The average molecular weight is 367 g/mol. The second-order valence-electron chi connectivity index (χ2n) is 6.41. The number of hydrogen-bond acceptors (Lipinski definition) is 5. The van der Waals surface area contributed by atoms with Gasteiger partial charge in [-0.1, -0.05) is 6.07 Å². The Hall–Kier alpha value is -3.15. The van der Waals surface area contributed by atoms with Gasteiger partial charge in [0.2, 0.25) is 11.7 Å². The summed E-state index contributed by atoms with van der Waals surface area (Å²) >= 11 is 0. The molecule has 1 aliphatic rings. The van der Waals surface area contributed by atoms with Gasteiger partial charge in [-0.25, -0.2) is 4.79 Å². The van der Waals surface area contributed by atoms with Crippen molar-refractivity contribution in [2.24, 2.45) is 0 Å². The summed E-state index contributed by atoms with van der Waals surface area (Å²) < 4.78 is 10.4. The fraction of sp³-hybridized carbons (Fsp3) is 0.286. The first-order chi connectivity index (χ1) is 12.9. The number of rotatable bonds is 5. The Morgan fingerprint density at radius 1 is 1.07 bits per heavy atom. The molecule has 1 aliphatic heterocycles. The van der Waals surface area contributed by atoms with Crippen molar-refractivity contribution >= 4 is 23.3 Å². The highest BCUT2D eigenvalue weighted by Crippen LogP contribution is 2.29. The number of ether oxygens (including phenoxy) is 2. The first kappa shape index (κ1) is 18.6. The number of fused-ring (bicyclic) bond motifs is 1. The van der Waals surface area contributed by atoms with Crippen molar-refractivity contribution in [2.45, 2.75) is 26.4 Å². The molecule has 0 bridgehead atoms. The third-order valence-corrected chi connectivity index (χ3v) is 4.60. The minimum absolute atomic E-state index is 0.0200. The van der Waals surface area contributed by atoms with Crippen molar-refractivity contribution in [3.8, 4) is 5.75 Å². The van der Waals surface area contributed by atoms with Crippen LogP contribution in [0.5, 0.6) is 5.75 Å². The van der Waals surface area contributed by atoms with E-state index in [1.807, 2.05) is 0 Å². The predicted octanol–water partition coefficient (Wildman–Crippen LogP) is 3.03. The van der Waals surface area contributed by atoms with Crippen molar-refractivity contribution in [2.75, 3.05) is 18.6 Å². The van der Waals surface area contributed by atoms with Crippen molar-refractivity contribution < 1.29 is 23.9 Å². The van der Waals surface area contributed by atoms with E-state index in [1.165, 1.54) is 14.0 Å². The maximum absolute atomic E-state index is 12.7. The third kappa shape index (κ3) is 3.84. The molecule has 1 amide bonds. The number of ketones is 1. The highest BCUT2D eigenvalue weighted by atomic mass is 16.5. The number of carbonyl (C=O) groups is 3. The molecule has 2 aromatic rings. The minimum atomic E-state index is -0.924. The lowest BCUT2D eigenvalue weighted by atomic mass is 10.0. The predicted molar refractivity (Wildman–Crippen MR) is 100 cm³/mol.